The fraction of sp³-hybridized carbons (Fsp3) is 0.611. The number of aromatic hydroxyl groups is 1. The molecule has 2 aliphatic rings. The van der Waals surface area contributed by atoms with Crippen molar-refractivity contribution in [3.8, 4) is 11.5 Å². The first-order valence-electron chi connectivity index (χ1n) is 8.55. The Kier molecular flexibility index (Phi) is 4.64. The average molecular weight is 317 g/mol. The van der Waals surface area contributed by atoms with Gasteiger partial charge >= 0.3 is 0 Å². The van der Waals surface area contributed by atoms with Gasteiger partial charge in [0.1, 0.15) is 11.5 Å². The highest BCUT2D eigenvalue weighted by Crippen LogP contribution is 2.47. The van der Waals surface area contributed by atoms with Crippen LogP contribution in [0.2, 0.25) is 0 Å². The number of ether oxygens (including phenoxy) is 1. The summed E-state index contributed by atoms with van der Waals surface area (Å²) in [7, 11) is 1.63. The fourth-order valence-electron chi connectivity index (χ4n) is 3.60. The van der Waals surface area contributed by atoms with Gasteiger partial charge in [-0.25, -0.2) is 4.99 Å². The van der Waals surface area contributed by atoms with Crippen LogP contribution in [0.15, 0.2) is 23.2 Å². The molecule has 0 bridgehead atoms. The molecule has 2 N–H and O–H groups in total. The molecule has 5 nitrogen and oxygen atoms in total. The first-order valence-corrected chi connectivity index (χ1v) is 8.55. The van der Waals surface area contributed by atoms with Gasteiger partial charge in [0.25, 0.3) is 0 Å². The number of hydrogen-bond acceptors (Lipinski definition) is 3. The Balaban J connectivity index is 1.72. The third-order valence-electron chi connectivity index (χ3n) is 5.17. The predicted octanol–water partition coefficient (Wildman–Crippen LogP) is 2.74. The molecule has 126 valence electrons. The number of likely N-dealkylation sites (tertiary alicyclic amines) is 1. The van der Waals surface area contributed by atoms with Crippen molar-refractivity contribution >= 4 is 5.96 Å². The van der Waals surface area contributed by atoms with Crippen LogP contribution >= 0.6 is 0 Å². The van der Waals surface area contributed by atoms with Crippen LogP contribution in [0.1, 0.15) is 38.2 Å². The van der Waals surface area contributed by atoms with Crippen LogP contribution in [0, 0.1) is 5.41 Å². The number of phenols is 1. The summed E-state index contributed by atoms with van der Waals surface area (Å²) in [6.07, 6.45) is 5.38. The maximum atomic E-state index is 10.0. The van der Waals surface area contributed by atoms with Gasteiger partial charge in [-0.2, -0.15) is 0 Å². The third kappa shape index (κ3) is 3.38. The van der Waals surface area contributed by atoms with Crippen LogP contribution in [0.4, 0.5) is 0 Å². The van der Waals surface area contributed by atoms with Gasteiger partial charge in [0, 0.05) is 25.2 Å². The van der Waals surface area contributed by atoms with E-state index in [1.807, 2.05) is 6.07 Å². The number of hydrogen-bond donors (Lipinski definition) is 2. The summed E-state index contributed by atoms with van der Waals surface area (Å²) < 4.78 is 5.23. The van der Waals surface area contributed by atoms with Crippen molar-refractivity contribution in [2.45, 2.75) is 39.2 Å². The minimum atomic E-state index is 0.266. The number of guanidine groups is 1. The molecule has 0 amide bonds. The molecule has 0 unspecified atom stereocenters. The molecule has 1 aliphatic heterocycles. The second kappa shape index (κ2) is 6.69. The molecule has 0 radical (unpaired) electrons. The standard InChI is InChI=1S/C18H27N3O2/c1-3-19-17(21-10-9-18(13-21)7-4-8-18)20-12-14-11-15(23-2)5-6-16(14)22/h5-6,11,22H,3-4,7-10,12-13H2,1-2H3,(H,19,20). The highest BCUT2D eigenvalue weighted by molar-refractivity contribution is 5.80. The molecule has 5 heteroatoms. The smallest absolute Gasteiger partial charge is 0.194 e. The van der Waals surface area contributed by atoms with E-state index in [0.717, 1.165) is 36.9 Å². The number of rotatable bonds is 4. The monoisotopic (exact) mass is 317 g/mol. The van der Waals surface area contributed by atoms with Gasteiger partial charge in [-0.05, 0) is 49.8 Å². The minimum Gasteiger partial charge on any atom is -0.508 e. The molecule has 3 rings (SSSR count). The fourth-order valence-corrected chi connectivity index (χ4v) is 3.60. The van der Waals surface area contributed by atoms with Gasteiger partial charge in [0.05, 0.1) is 13.7 Å². The Morgan fingerprint density at radius 1 is 1.39 bits per heavy atom. The first-order chi connectivity index (χ1) is 11.2. The molecule has 2 fully saturated rings. The maximum absolute atomic E-state index is 10.0. The highest BCUT2D eigenvalue weighted by Gasteiger charge is 2.43. The normalized spacial score (nSPS) is 19.7. The van der Waals surface area contributed by atoms with Gasteiger partial charge in [0.15, 0.2) is 5.96 Å². The zero-order valence-electron chi connectivity index (χ0n) is 14.1. The molecule has 1 saturated heterocycles. The lowest BCUT2D eigenvalue weighted by molar-refractivity contribution is 0.151. The summed E-state index contributed by atoms with van der Waals surface area (Å²) in [6.45, 7) is 5.59. The third-order valence-corrected chi connectivity index (χ3v) is 5.17. The number of aliphatic imine (C=N–C) groups is 1. The van der Waals surface area contributed by atoms with Gasteiger partial charge in [-0.3, -0.25) is 0 Å². The zero-order chi connectivity index (χ0) is 16.3. The molecular weight excluding hydrogens is 290 g/mol. The summed E-state index contributed by atoms with van der Waals surface area (Å²) in [5.74, 6) is 1.97. The molecule has 1 aliphatic carbocycles. The number of phenolic OH excluding ortho intramolecular Hbond substituents is 1. The Bertz CT molecular complexity index is 582. The Hall–Kier alpha value is -1.91. The molecule has 23 heavy (non-hydrogen) atoms. The minimum absolute atomic E-state index is 0.266. The first kappa shape index (κ1) is 16.0. The SMILES string of the molecule is CCNC(=NCc1cc(OC)ccc1O)N1CCC2(CCC2)C1. The van der Waals surface area contributed by atoms with Crippen LogP contribution in [0.25, 0.3) is 0 Å². The van der Waals surface area contributed by atoms with E-state index in [2.05, 4.69) is 17.1 Å². The highest BCUT2D eigenvalue weighted by atomic mass is 16.5. The van der Waals surface area contributed by atoms with Crippen molar-refractivity contribution in [2.24, 2.45) is 10.4 Å². The van der Waals surface area contributed by atoms with E-state index in [-0.39, 0.29) is 5.75 Å². The molecule has 1 aromatic rings. The Morgan fingerprint density at radius 3 is 2.83 bits per heavy atom. The van der Waals surface area contributed by atoms with E-state index >= 15 is 0 Å². The topological polar surface area (TPSA) is 57.1 Å². The van der Waals surface area contributed by atoms with Gasteiger partial charge in [-0.15, -0.1) is 0 Å². The molecule has 0 aromatic heterocycles. The van der Waals surface area contributed by atoms with Crippen molar-refractivity contribution in [2.75, 3.05) is 26.7 Å². The summed E-state index contributed by atoms with van der Waals surface area (Å²) >= 11 is 0. The van der Waals surface area contributed by atoms with E-state index in [0.29, 0.717) is 12.0 Å². The molecule has 1 aromatic carbocycles. The van der Waals surface area contributed by atoms with E-state index in [4.69, 9.17) is 9.73 Å². The molecular formula is C18H27N3O2. The van der Waals surface area contributed by atoms with E-state index in [1.165, 1.54) is 25.7 Å². The molecule has 1 heterocycles. The van der Waals surface area contributed by atoms with Crippen molar-refractivity contribution in [3.63, 3.8) is 0 Å². The lowest BCUT2D eigenvalue weighted by Gasteiger charge is -2.38. The van der Waals surface area contributed by atoms with Gasteiger partial charge < -0.3 is 20.1 Å². The van der Waals surface area contributed by atoms with Crippen LogP contribution in [0.5, 0.6) is 11.5 Å². The summed E-state index contributed by atoms with van der Waals surface area (Å²) in [5.41, 5.74) is 1.34. The van der Waals surface area contributed by atoms with Gasteiger partial charge in [0.2, 0.25) is 0 Å². The van der Waals surface area contributed by atoms with Crippen molar-refractivity contribution < 1.29 is 9.84 Å². The molecule has 0 atom stereocenters. The van der Waals surface area contributed by atoms with Crippen molar-refractivity contribution in [1.29, 1.82) is 0 Å². The van der Waals surface area contributed by atoms with Crippen molar-refractivity contribution in [3.05, 3.63) is 23.8 Å². The van der Waals surface area contributed by atoms with Crippen LogP contribution in [0.3, 0.4) is 0 Å². The van der Waals surface area contributed by atoms with Crippen LogP contribution in [-0.4, -0.2) is 42.7 Å². The lowest BCUT2D eigenvalue weighted by Crippen LogP contribution is -2.42. The predicted molar refractivity (Wildman–Crippen MR) is 91.9 cm³/mol. The van der Waals surface area contributed by atoms with E-state index in [9.17, 15) is 5.11 Å². The Morgan fingerprint density at radius 2 is 2.22 bits per heavy atom. The lowest BCUT2D eigenvalue weighted by atomic mass is 9.68. The quantitative estimate of drug-likeness (QED) is 0.662. The second-order valence-electron chi connectivity index (χ2n) is 6.69. The largest absolute Gasteiger partial charge is 0.508 e. The van der Waals surface area contributed by atoms with Crippen LogP contribution in [-0.2, 0) is 6.54 Å². The molecule has 1 saturated carbocycles. The number of benzene rings is 1. The molecule has 1 spiro atoms. The number of methoxy groups -OCH3 is 1. The van der Waals surface area contributed by atoms with Crippen LogP contribution < -0.4 is 10.1 Å². The summed E-state index contributed by atoms with van der Waals surface area (Å²) in [5, 5.41) is 13.4. The number of nitrogens with one attached hydrogen (secondary N) is 1. The van der Waals surface area contributed by atoms with E-state index in [1.54, 1.807) is 19.2 Å². The van der Waals surface area contributed by atoms with Crippen molar-refractivity contribution in [1.82, 2.24) is 10.2 Å². The average Bonchev–Trinajstić information content (AvgIpc) is 2.98. The second-order valence-corrected chi connectivity index (χ2v) is 6.69. The summed E-state index contributed by atoms with van der Waals surface area (Å²) in [6, 6.07) is 5.27. The maximum Gasteiger partial charge on any atom is 0.194 e. The Labute approximate surface area is 138 Å². The number of nitrogens with zero attached hydrogens (tertiary/aromatic N) is 2. The summed E-state index contributed by atoms with van der Waals surface area (Å²) in [4.78, 5) is 7.12. The van der Waals surface area contributed by atoms with E-state index < -0.39 is 0 Å². The zero-order valence-corrected chi connectivity index (χ0v) is 14.1. The van der Waals surface area contributed by atoms with Gasteiger partial charge in [-0.1, -0.05) is 6.42 Å².